The van der Waals surface area contributed by atoms with Crippen LogP contribution in [0.1, 0.15) is 22.5 Å². The number of carbonyl (C=O) groups excluding carboxylic acids is 1. The molecule has 0 amide bonds. The van der Waals surface area contributed by atoms with E-state index in [1.165, 1.54) is 6.26 Å². The number of furan rings is 1. The van der Waals surface area contributed by atoms with Crippen molar-refractivity contribution in [2.45, 2.75) is 13.5 Å². The minimum absolute atomic E-state index is 0.152. The number of nitrogens with zero attached hydrogens (tertiary/aromatic N) is 1. The lowest BCUT2D eigenvalue weighted by Gasteiger charge is -2.11. The Hall–Kier alpha value is -3.12. The summed E-state index contributed by atoms with van der Waals surface area (Å²) < 4.78 is 17.3. The van der Waals surface area contributed by atoms with Gasteiger partial charge in [-0.05, 0) is 54.5 Å². The summed E-state index contributed by atoms with van der Waals surface area (Å²) in [6.45, 7) is 2.47. The van der Waals surface area contributed by atoms with Gasteiger partial charge >= 0.3 is 5.97 Å². The molecular formula is C22H16BrNO4. The van der Waals surface area contributed by atoms with Crippen molar-refractivity contribution in [2.24, 2.45) is 4.99 Å². The van der Waals surface area contributed by atoms with Gasteiger partial charge in [0.1, 0.15) is 12.4 Å². The number of halogens is 1. The van der Waals surface area contributed by atoms with Gasteiger partial charge in [0.25, 0.3) is 5.90 Å². The summed E-state index contributed by atoms with van der Waals surface area (Å²) in [5.41, 5.74) is 3.17. The van der Waals surface area contributed by atoms with Crippen molar-refractivity contribution < 1.29 is 18.7 Å². The number of benzene rings is 2. The predicted molar refractivity (Wildman–Crippen MR) is 109 cm³/mol. The SMILES string of the molecule is Cc1ccccc1COc1ccc(Br)cc1C=C1N=C(c2ccco2)OC1=O. The van der Waals surface area contributed by atoms with E-state index in [0.29, 0.717) is 18.1 Å². The smallest absolute Gasteiger partial charge is 0.363 e. The largest absolute Gasteiger partial charge is 0.488 e. The van der Waals surface area contributed by atoms with E-state index >= 15 is 0 Å². The van der Waals surface area contributed by atoms with Gasteiger partial charge < -0.3 is 13.9 Å². The molecule has 3 aromatic rings. The summed E-state index contributed by atoms with van der Waals surface area (Å²) in [5.74, 6) is 0.672. The maximum Gasteiger partial charge on any atom is 0.363 e. The minimum Gasteiger partial charge on any atom is -0.488 e. The fourth-order valence-corrected chi connectivity index (χ4v) is 3.13. The van der Waals surface area contributed by atoms with Gasteiger partial charge in [-0.2, -0.15) is 0 Å². The Labute approximate surface area is 170 Å². The van der Waals surface area contributed by atoms with Gasteiger partial charge in [0, 0.05) is 10.0 Å². The zero-order valence-corrected chi connectivity index (χ0v) is 16.6. The predicted octanol–water partition coefficient (Wildman–Crippen LogP) is 5.27. The number of esters is 1. The van der Waals surface area contributed by atoms with Gasteiger partial charge in [0.15, 0.2) is 11.5 Å². The zero-order chi connectivity index (χ0) is 19.5. The van der Waals surface area contributed by atoms with Crippen molar-refractivity contribution in [2.75, 3.05) is 0 Å². The Morgan fingerprint density at radius 2 is 2.00 bits per heavy atom. The Kier molecular flexibility index (Phi) is 5.12. The molecule has 0 fully saturated rings. The molecule has 0 N–H and O–H groups in total. The molecule has 1 aliphatic rings. The molecule has 0 unspecified atom stereocenters. The Bertz CT molecular complexity index is 1080. The van der Waals surface area contributed by atoms with Crippen LogP contribution < -0.4 is 4.74 Å². The highest BCUT2D eigenvalue weighted by Gasteiger charge is 2.26. The molecule has 0 spiro atoms. The van der Waals surface area contributed by atoms with Crippen molar-refractivity contribution in [3.8, 4) is 5.75 Å². The normalized spacial score (nSPS) is 14.9. The number of cyclic esters (lactones) is 1. The highest BCUT2D eigenvalue weighted by Crippen LogP contribution is 2.28. The number of aryl methyl sites for hydroxylation is 1. The number of carbonyl (C=O) groups is 1. The molecule has 28 heavy (non-hydrogen) atoms. The maximum absolute atomic E-state index is 12.2. The third-order valence-electron chi connectivity index (χ3n) is 4.26. The number of hydrogen-bond donors (Lipinski definition) is 0. The van der Waals surface area contributed by atoms with E-state index in [0.717, 1.165) is 21.2 Å². The average Bonchev–Trinajstić information content (AvgIpc) is 3.33. The van der Waals surface area contributed by atoms with Gasteiger partial charge in [0.2, 0.25) is 0 Å². The van der Waals surface area contributed by atoms with E-state index in [1.807, 2.05) is 49.4 Å². The third kappa shape index (κ3) is 3.92. The third-order valence-corrected chi connectivity index (χ3v) is 4.75. The second kappa shape index (κ2) is 7.86. The van der Waals surface area contributed by atoms with E-state index in [-0.39, 0.29) is 11.6 Å². The number of rotatable bonds is 5. The first-order valence-electron chi connectivity index (χ1n) is 8.63. The van der Waals surface area contributed by atoms with Crippen LogP contribution in [0.5, 0.6) is 5.75 Å². The number of ether oxygens (including phenoxy) is 2. The van der Waals surface area contributed by atoms with Crippen LogP contribution in [0.2, 0.25) is 0 Å². The summed E-state index contributed by atoms with van der Waals surface area (Å²) in [7, 11) is 0. The number of aliphatic imine (C=N–C) groups is 1. The van der Waals surface area contributed by atoms with E-state index in [2.05, 4.69) is 20.9 Å². The lowest BCUT2D eigenvalue weighted by molar-refractivity contribution is -0.130. The summed E-state index contributed by atoms with van der Waals surface area (Å²) in [6.07, 6.45) is 3.15. The molecular weight excluding hydrogens is 422 g/mol. The molecule has 6 heteroatoms. The Morgan fingerprint density at radius 1 is 1.14 bits per heavy atom. The molecule has 5 nitrogen and oxygen atoms in total. The fraction of sp³-hybridized carbons (Fsp3) is 0.0909. The van der Waals surface area contributed by atoms with Crippen molar-refractivity contribution in [1.82, 2.24) is 0 Å². The summed E-state index contributed by atoms with van der Waals surface area (Å²) in [5, 5.41) is 0. The second-order valence-electron chi connectivity index (χ2n) is 6.21. The van der Waals surface area contributed by atoms with E-state index in [4.69, 9.17) is 13.9 Å². The summed E-state index contributed by atoms with van der Waals surface area (Å²) >= 11 is 3.46. The lowest BCUT2D eigenvalue weighted by atomic mass is 10.1. The van der Waals surface area contributed by atoms with Crippen LogP contribution in [0, 0.1) is 6.92 Å². The maximum atomic E-state index is 12.2. The van der Waals surface area contributed by atoms with E-state index in [9.17, 15) is 4.79 Å². The van der Waals surface area contributed by atoms with Crippen molar-refractivity contribution >= 4 is 33.9 Å². The number of hydrogen-bond acceptors (Lipinski definition) is 5. The van der Waals surface area contributed by atoms with Crippen LogP contribution in [-0.4, -0.2) is 11.9 Å². The van der Waals surface area contributed by atoms with Gasteiger partial charge in [-0.15, -0.1) is 0 Å². The van der Waals surface area contributed by atoms with Crippen LogP contribution in [0.4, 0.5) is 0 Å². The van der Waals surface area contributed by atoms with E-state index in [1.54, 1.807) is 18.2 Å². The zero-order valence-electron chi connectivity index (χ0n) is 15.0. The van der Waals surface area contributed by atoms with Gasteiger partial charge in [-0.3, -0.25) is 0 Å². The molecule has 1 aliphatic heterocycles. The Balaban J connectivity index is 1.62. The highest BCUT2D eigenvalue weighted by atomic mass is 79.9. The standard InChI is InChI=1S/C22H16BrNO4/c1-14-5-2-3-6-15(14)13-27-19-9-8-17(23)11-16(19)12-18-22(25)28-21(24-18)20-7-4-10-26-20/h2-12H,13H2,1H3. The minimum atomic E-state index is -0.531. The molecule has 0 saturated heterocycles. The molecule has 0 aliphatic carbocycles. The molecule has 0 radical (unpaired) electrons. The van der Waals surface area contributed by atoms with Crippen LogP contribution in [0.25, 0.3) is 6.08 Å². The monoisotopic (exact) mass is 437 g/mol. The van der Waals surface area contributed by atoms with Gasteiger partial charge in [-0.25, -0.2) is 9.79 Å². The van der Waals surface area contributed by atoms with Crippen LogP contribution in [0.15, 0.2) is 80.4 Å². The molecule has 0 saturated carbocycles. The summed E-state index contributed by atoms with van der Waals surface area (Å²) in [4.78, 5) is 16.5. The molecule has 4 rings (SSSR count). The first-order chi connectivity index (χ1) is 13.6. The Morgan fingerprint density at radius 3 is 2.79 bits per heavy atom. The fourth-order valence-electron chi connectivity index (χ4n) is 2.75. The van der Waals surface area contributed by atoms with Crippen molar-refractivity contribution in [3.05, 3.63) is 93.5 Å². The first-order valence-corrected chi connectivity index (χ1v) is 9.43. The molecule has 2 heterocycles. The van der Waals surface area contributed by atoms with E-state index < -0.39 is 5.97 Å². The van der Waals surface area contributed by atoms with Crippen molar-refractivity contribution in [3.63, 3.8) is 0 Å². The highest BCUT2D eigenvalue weighted by molar-refractivity contribution is 9.10. The second-order valence-corrected chi connectivity index (χ2v) is 7.13. The molecule has 1 aromatic heterocycles. The topological polar surface area (TPSA) is 61.0 Å². The molecule has 2 aromatic carbocycles. The van der Waals surface area contributed by atoms with Crippen LogP contribution in [0.3, 0.4) is 0 Å². The first kappa shape index (κ1) is 18.3. The lowest BCUT2D eigenvalue weighted by Crippen LogP contribution is -2.04. The molecule has 0 atom stereocenters. The van der Waals surface area contributed by atoms with Gasteiger partial charge in [0.05, 0.1) is 6.26 Å². The average molecular weight is 438 g/mol. The van der Waals surface area contributed by atoms with Gasteiger partial charge in [-0.1, -0.05) is 40.2 Å². The molecule has 140 valence electrons. The van der Waals surface area contributed by atoms with Crippen molar-refractivity contribution in [1.29, 1.82) is 0 Å². The molecule has 0 bridgehead atoms. The summed E-state index contributed by atoms with van der Waals surface area (Å²) in [6, 6.07) is 17.1. The quantitative estimate of drug-likeness (QED) is 0.402. The van der Waals surface area contributed by atoms with Crippen LogP contribution in [-0.2, 0) is 16.1 Å². The van der Waals surface area contributed by atoms with Crippen LogP contribution >= 0.6 is 15.9 Å².